The van der Waals surface area contributed by atoms with Crippen LogP contribution in [0.4, 0.5) is 10.1 Å². The smallest absolute Gasteiger partial charge is 0.269 e. The monoisotopic (exact) mass is 474 g/mol. The molecule has 0 saturated carbocycles. The van der Waals surface area contributed by atoms with E-state index < -0.39 is 28.5 Å². The number of nitrogens with zero attached hydrogens (tertiary/aromatic N) is 2. The first-order valence-electron chi connectivity index (χ1n) is 9.10. The summed E-state index contributed by atoms with van der Waals surface area (Å²) in [6.45, 7) is -0.0293. The molecule has 2 N–H and O–H groups in total. The molecule has 12 heteroatoms. The number of carbonyl (C=O) groups is 3. The molecule has 0 radical (unpaired) electrons. The zero-order valence-corrected chi connectivity index (χ0v) is 17.9. The Morgan fingerprint density at radius 1 is 1.16 bits per heavy atom. The molecule has 32 heavy (non-hydrogen) atoms. The molecular weight excluding hydrogens is 459 g/mol. The highest BCUT2D eigenvalue weighted by atomic mass is 32.2. The third-order valence-electron chi connectivity index (χ3n) is 4.28. The molecule has 164 valence electrons. The Hall–Kier alpha value is -3.64. The maximum Gasteiger partial charge on any atom is 0.269 e. The molecule has 0 aliphatic carbocycles. The number of carbonyl (C=O) groups excluding carboxylic acids is 3. The lowest BCUT2D eigenvalue weighted by Gasteiger charge is -2.14. The fourth-order valence-electron chi connectivity index (χ4n) is 2.64. The zero-order valence-electron chi connectivity index (χ0n) is 16.2. The lowest BCUT2D eigenvalue weighted by atomic mass is 10.2. The van der Waals surface area contributed by atoms with Gasteiger partial charge < -0.3 is 0 Å². The molecule has 3 rings (SSSR count). The maximum absolute atomic E-state index is 13.8. The Morgan fingerprint density at radius 3 is 2.50 bits per heavy atom. The number of nitrogens with one attached hydrogen (secondary N) is 2. The number of hydrazine groups is 1. The van der Waals surface area contributed by atoms with E-state index in [9.17, 15) is 28.9 Å². The fourth-order valence-corrected chi connectivity index (χ4v) is 3.93. The van der Waals surface area contributed by atoms with Crippen LogP contribution in [0.5, 0.6) is 0 Å². The van der Waals surface area contributed by atoms with Gasteiger partial charge in [-0.25, -0.2) is 4.39 Å². The van der Waals surface area contributed by atoms with Crippen molar-refractivity contribution in [1.29, 1.82) is 0 Å². The van der Waals surface area contributed by atoms with E-state index in [0.717, 1.165) is 11.8 Å². The highest BCUT2D eigenvalue weighted by Gasteiger charge is 2.32. The van der Waals surface area contributed by atoms with Gasteiger partial charge in [0.25, 0.3) is 17.5 Å². The van der Waals surface area contributed by atoms with E-state index in [2.05, 4.69) is 10.9 Å². The molecule has 1 saturated heterocycles. The molecule has 9 nitrogen and oxygen atoms in total. The molecule has 0 aromatic heterocycles. The number of benzene rings is 2. The summed E-state index contributed by atoms with van der Waals surface area (Å²) < 4.78 is 14.1. The summed E-state index contributed by atoms with van der Waals surface area (Å²) in [5.41, 5.74) is 4.59. The largest absolute Gasteiger partial charge is 0.292 e. The molecule has 2 aromatic rings. The summed E-state index contributed by atoms with van der Waals surface area (Å²) >= 11 is 6.19. The predicted octanol–water partition coefficient (Wildman–Crippen LogP) is 2.79. The normalized spacial score (nSPS) is 14.5. The summed E-state index contributed by atoms with van der Waals surface area (Å²) in [5.74, 6) is -2.15. The lowest BCUT2D eigenvalue weighted by Crippen LogP contribution is -2.43. The van der Waals surface area contributed by atoms with Gasteiger partial charge in [-0.05, 0) is 24.3 Å². The highest BCUT2D eigenvalue weighted by Crippen LogP contribution is 2.32. The van der Waals surface area contributed by atoms with Gasteiger partial charge in [-0.1, -0.05) is 42.2 Å². The van der Waals surface area contributed by atoms with Crippen molar-refractivity contribution in [3.05, 3.63) is 80.5 Å². The van der Waals surface area contributed by atoms with Crippen molar-refractivity contribution in [1.82, 2.24) is 15.8 Å². The van der Waals surface area contributed by atoms with Gasteiger partial charge >= 0.3 is 0 Å². The Labute approximate surface area is 190 Å². The molecule has 1 aliphatic heterocycles. The van der Waals surface area contributed by atoms with E-state index >= 15 is 0 Å². The van der Waals surface area contributed by atoms with Crippen molar-refractivity contribution in [2.45, 2.75) is 6.42 Å². The minimum Gasteiger partial charge on any atom is -0.292 e. The van der Waals surface area contributed by atoms with Crippen LogP contribution in [0, 0.1) is 15.9 Å². The fraction of sp³-hybridized carbons (Fsp3) is 0.100. The van der Waals surface area contributed by atoms with Crippen molar-refractivity contribution in [2.24, 2.45) is 0 Å². The maximum atomic E-state index is 13.8. The second-order valence-electron chi connectivity index (χ2n) is 6.41. The van der Waals surface area contributed by atoms with Crippen LogP contribution in [0.3, 0.4) is 0 Å². The van der Waals surface area contributed by atoms with Gasteiger partial charge in [0, 0.05) is 36.2 Å². The van der Waals surface area contributed by atoms with Crippen molar-refractivity contribution in [3.8, 4) is 0 Å². The number of rotatable bonds is 6. The number of nitro benzene ring substituents is 1. The van der Waals surface area contributed by atoms with Gasteiger partial charge in [0.1, 0.15) is 10.1 Å². The number of thioether (sulfide) groups is 1. The lowest BCUT2D eigenvalue weighted by molar-refractivity contribution is -0.384. The Morgan fingerprint density at radius 2 is 1.84 bits per heavy atom. The predicted molar refractivity (Wildman–Crippen MR) is 120 cm³/mol. The minimum atomic E-state index is -0.660. The Bertz CT molecular complexity index is 1140. The van der Waals surface area contributed by atoms with E-state index in [1.807, 2.05) is 0 Å². The highest BCUT2D eigenvalue weighted by molar-refractivity contribution is 8.26. The molecule has 0 spiro atoms. The van der Waals surface area contributed by atoms with Crippen molar-refractivity contribution in [3.63, 3.8) is 0 Å². The van der Waals surface area contributed by atoms with Crippen LogP contribution in [-0.2, 0) is 9.59 Å². The first kappa shape index (κ1) is 23.0. The number of halogens is 1. The van der Waals surface area contributed by atoms with Crippen molar-refractivity contribution < 1.29 is 23.7 Å². The average molecular weight is 474 g/mol. The molecule has 1 aliphatic rings. The quantitative estimate of drug-likeness (QED) is 0.286. The minimum absolute atomic E-state index is 0.0293. The van der Waals surface area contributed by atoms with E-state index in [1.165, 1.54) is 53.4 Å². The van der Waals surface area contributed by atoms with Crippen LogP contribution in [0.2, 0.25) is 0 Å². The van der Waals surface area contributed by atoms with Gasteiger partial charge in [0.15, 0.2) is 0 Å². The van der Waals surface area contributed by atoms with Crippen LogP contribution in [0.25, 0.3) is 6.08 Å². The molecule has 2 aromatic carbocycles. The third kappa shape index (κ3) is 5.53. The molecular formula is C20H15FN4O5S2. The van der Waals surface area contributed by atoms with Crippen LogP contribution in [0.1, 0.15) is 22.3 Å². The van der Waals surface area contributed by atoms with Gasteiger partial charge in [0.2, 0.25) is 5.91 Å². The van der Waals surface area contributed by atoms with E-state index in [1.54, 1.807) is 6.07 Å². The van der Waals surface area contributed by atoms with Gasteiger partial charge in [-0.3, -0.25) is 40.2 Å². The molecule has 1 heterocycles. The molecule has 1 fully saturated rings. The number of non-ortho nitro benzene ring substituents is 1. The van der Waals surface area contributed by atoms with Crippen LogP contribution >= 0.6 is 24.0 Å². The second kappa shape index (κ2) is 10.1. The van der Waals surface area contributed by atoms with E-state index in [0.29, 0.717) is 0 Å². The van der Waals surface area contributed by atoms with E-state index in [-0.39, 0.29) is 39.0 Å². The molecule has 3 amide bonds. The topological polar surface area (TPSA) is 122 Å². The van der Waals surface area contributed by atoms with E-state index in [4.69, 9.17) is 12.2 Å². The van der Waals surface area contributed by atoms with Gasteiger partial charge in [-0.15, -0.1) is 0 Å². The van der Waals surface area contributed by atoms with Crippen LogP contribution < -0.4 is 10.9 Å². The standard InChI is InChI=1S/C20H15FN4O5S2/c21-15-4-2-1-3-13(15)11-16-19(28)24(20(31)32-16)10-9-17(26)22-23-18(27)12-5-7-14(8-6-12)25(29)30/h1-8,11H,9-10H2,(H,22,26)(H,23,27). The summed E-state index contributed by atoms with van der Waals surface area (Å²) in [4.78, 5) is 48.1. The van der Waals surface area contributed by atoms with Gasteiger partial charge in [-0.2, -0.15) is 0 Å². The summed E-state index contributed by atoms with van der Waals surface area (Å²) in [6.07, 6.45) is 1.25. The first-order valence-corrected chi connectivity index (χ1v) is 10.3. The number of nitro groups is 1. The van der Waals surface area contributed by atoms with Gasteiger partial charge in [0.05, 0.1) is 9.83 Å². The SMILES string of the molecule is O=C(CCN1C(=O)C(=Cc2ccccc2F)SC1=S)NNC(=O)c1ccc([N+](=O)[O-])cc1. The number of hydrogen-bond donors (Lipinski definition) is 2. The Kier molecular flexibility index (Phi) is 7.28. The third-order valence-corrected chi connectivity index (χ3v) is 5.66. The Balaban J connectivity index is 1.51. The molecule has 0 atom stereocenters. The summed E-state index contributed by atoms with van der Waals surface area (Å²) in [7, 11) is 0. The summed E-state index contributed by atoms with van der Waals surface area (Å²) in [6, 6.07) is 10.8. The van der Waals surface area contributed by atoms with Crippen molar-refractivity contribution >= 4 is 57.8 Å². The first-order chi connectivity index (χ1) is 15.3. The van der Waals surface area contributed by atoms with Crippen LogP contribution in [-0.4, -0.2) is 38.4 Å². The number of thiocarbonyl (C=S) groups is 1. The number of hydrogen-bond acceptors (Lipinski definition) is 7. The molecule has 0 bridgehead atoms. The second-order valence-corrected chi connectivity index (χ2v) is 8.09. The van der Waals surface area contributed by atoms with Crippen LogP contribution in [0.15, 0.2) is 53.4 Å². The zero-order chi connectivity index (χ0) is 23.3. The molecule has 0 unspecified atom stereocenters. The van der Waals surface area contributed by atoms with Crippen molar-refractivity contribution in [2.75, 3.05) is 6.54 Å². The average Bonchev–Trinajstić information content (AvgIpc) is 3.04. The number of amides is 3. The summed E-state index contributed by atoms with van der Waals surface area (Å²) in [5, 5.41) is 10.6.